The highest BCUT2D eigenvalue weighted by atomic mass is 16.5. The second-order valence-corrected chi connectivity index (χ2v) is 5.23. The summed E-state index contributed by atoms with van der Waals surface area (Å²) in [6, 6.07) is 14.7. The van der Waals surface area contributed by atoms with Crippen LogP contribution in [0.1, 0.15) is 27.9 Å². The Morgan fingerprint density at radius 2 is 1.65 bits per heavy atom. The molecule has 0 aromatic heterocycles. The first-order valence-electron chi connectivity index (χ1n) is 7.40. The molecule has 0 aliphatic rings. The van der Waals surface area contributed by atoms with Gasteiger partial charge in [0.05, 0.1) is 13.0 Å². The van der Waals surface area contributed by atoms with Gasteiger partial charge in [-0.1, -0.05) is 35.9 Å². The number of hydrogen-bond donors (Lipinski definition) is 2. The Balaban J connectivity index is 1.72. The van der Waals surface area contributed by atoms with E-state index in [4.69, 9.17) is 4.74 Å². The summed E-state index contributed by atoms with van der Waals surface area (Å²) in [6.45, 7) is 4.13. The molecule has 0 saturated carbocycles. The van der Waals surface area contributed by atoms with E-state index >= 15 is 0 Å². The molecule has 0 atom stereocenters. The molecule has 5 nitrogen and oxygen atoms in total. The van der Waals surface area contributed by atoms with Gasteiger partial charge in [0.1, 0.15) is 5.75 Å². The van der Waals surface area contributed by atoms with Crippen LogP contribution >= 0.6 is 0 Å². The van der Waals surface area contributed by atoms with Crippen molar-refractivity contribution in [3.05, 3.63) is 65.2 Å². The number of amides is 2. The van der Waals surface area contributed by atoms with Crippen LogP contribution in [0.4, 0.5) is 0 Å². The van der Waals surface area contributed by atoms with Crippen molar-refractivity contribution < 1.29 is 14.3 Å². The Morgan fingerprint density at radius 1 is 0.957 bits per heavy atom. The first kappa shape index (κ1) is 16.5. The van der Waals surface area contributed by atoms with Crippen LogP contribution in [0.3, 0.4) is 0 Å². The molecule has 0 aliphatic heterocycles. The van der Waals surface area contributed by atoms with Gasteiger partial charge in [-0.3, -0.25) is 20.4 Å². The Labute approximate surface area is 135 Å². The van der Waals surface area contributed by atoms with Crippen molar-refractivity contribution in [1.82, 2.24) is 10.9 Å². The standard InChI is InChI=1S/C18H20N2O3/c1-13-7-9-15(10-8-13)18(22)20-19-17(21)11-12-23-16-6-4-3-5-14(16)2/h3-10H,11-12H2,1-2H3,(H,19,21)(H,20,22). The molecule has 23 heavy (non-hydrogen) atoms. The van der Waals surface area contributed by atoms with Gasteiger partial charge >= 0.3 is 0 Å². The van der Waals surface area contributed by atoms with Gasteiger partial charge in [-0.15, -0.1) is 0 Å². The number of carbonyl (C=O) groups is 2. The van der Waals surface area contributed by atoms with Crippen molar-refractivity contribution in [2.75, 3.05) is 6.61 Å². The summed E-state index contributed by atoms with van der Waals surface area (Å²) < 4.78 is 5.54. The number of hydrogen-bond acceptors (Lipinski definition) is 3. The highest BCUT2D eigenvalue weighted by molar-refractivity contribution is 5.95. The van der Waals surface area contributed by atoms with E-state index in [0.29, 0.717) is 5.56 Å². The van der Waals surface area contributed by atoms with E-state index in [2.05, 4.69) is 10.9 Å². The number of para-hydroxylation sites is 1. The smallest absolute Gasteiger partial charge is 0.269 e. The Morgan fingerprint density at radius 3 is 2.35 bits per heavy atom. The summed E-state index contributed by atoms with van der Waals surface area (Å²) in [7, 11) is 0. The molecule has 120 valence electrons. The quantitative estimate of drug-likeness (QED) is 0.834. The largest absolute Gasteiger partial charge is 0.493 e. The van der Waals surface area contributed by atoms with E-state index in [1.165, 1.54) is 0 Å². The normalized spacial score (nSPS) is 10.0. The number of aryl methyl sites for hydroxylation is 2. The molecule has 0 fully saturated rings. The Hall–Kier alpha value is -2.82. The van der Waals surface area contributed by atoms with Gasteiger partial charge in [-0.2, -0.15) is 0 Å². The third-order valence-corrected chi connectivity index (χ3v) is 3.31. The molecule has 2 rings (SSSR count). The van der Waals surface area contributed by atoms with Crippen LogP contribution in [0.15, 0.2) is 48.5 Å². The zero-order chi connectivity index (χ0) is 16.7. The van der Waals surface area contributed by atoms with Crippen molar-refractivity contribution in [3.63, 3.8) is 0 Å². The molecular weight excluding hydrogens is 292 g/mol. The number of benzene rings is 2. The minimum atomic E-state index is -0.349. The van der Waals surface area contributed by atoms with Crippen molar-refractivity contribution in [2.45, 2.75) is 20.3 Å². The summed E-state index contributed by atoms with van der Waals surface area (Å²) >= 11 is 0. The Kier molecular flexibility index (Phi) is 5.74. The van der Waals surface area contributed by atoms with Crippen molar-refractivity contribution >= 4 is 11.8 Å². The molecule has 0 saturated heterocycles. The molecule has 0 spiro atoms. The van der Waals surface area contributed by atoms with Crippen LogP contribution in [0.5, 0.6) is 5.75 Å². The van der Waals surface area contributed by atoms with Gasteiger partial charge in [0.2, 0.25) is 5.91 Å². The number of nitrogens with one attached hydrogen (secondary N) is 2. The maximum absolute atomic E-state index is 11.8. The molecule has 0 bridgehead atoms. The summed E-state index contributed by atoms with van der Waals surface area (Å²) in [4.78, 5) is 23.5. The SMILES string of the molecule is Cc1ccc(C(=O)NNC(=O)CCOc2ccccc2C)cc1. The fourth-order valence-electron chi connectivity index (χ4n) is 1.94. The number of hydrazine groups is 1. The summed E-state index contributed by atoms with van der Waals surface area (Å²) in [5, 5.41) is 0. The van der Waals surface area contributed by atoms with Gasteiger partial charge in [0.15, 0.2) is 0 Å². The first-order valence-corrected chi connectivity index (χ1v) is 7.40. The fourth-order valence-corrected chi connectivity index (χ4v) is 1.94. The van der Waals surface area contributed by atoms with E-state index in [1.807, 2.05) is 50.2 Å². The van der Waals surface area contributed by atoms with Crippen LogP contribution in [0.25, 0.3) is 0 Å². The van der Waals surface area contributed by atoms with E-state index < -0.39 is 0 Å². The van der Waals surface area contributed by atoms with Gasteiger partial charge in [0.25, 0.3) is 5.91 Å². The van der Waals surface area contributed by atoms with Crippen LogP contribution in [-0.2, 0) is 4.79 Å². The van der Waals surface area contributed by atoms with Gasteiger partial charge in [-0.05, 0) is 37.6 Å². The molecule has 2 aromatic rings. The predicted octanol–water partition coefficient (Wildman–Crippen LogP) is 2.53. The lowest BCUT2D eigenvalue weighted by atomic mass is 10.1. The maximum Gasteiger partial charge on any atom is 0.269 e. The molecule has 0 aliphatic carbocycles. The van der Waals surface area contributed by atoms with E-state index in [9.17, 15) is 9.59 Å². The van der Waals surface area contributed by atoms with E-state index in [0.717, 1.165) is 16.9 Å². The average molecular weight is 312 g/mol. The Bertz CT molecular complexity index is 681. The number of ether oxygens (including phenoxy) is 1. The van der Waals surface area contributed by atoms with Crippen molar-refractivity contribution in [1.29, 1.82) is 0 Å². The molecule has 5 heteroatoms. The first-order chi connectivity index (χ1) is 11.1. The lowest BCUT2D eigenvalue weighted by molar-refractivity contribution is -0.122. The van der Waals surface area contributed by atoms with Gasteiger partial charge in [-0.25, -0.2) is 0 Å². The molecule has 0 unspecified atom stereocenters. The minimum absolute atomic E-state index is 0.155. The second-order valence-electron chi connectivity index (χ2n) is 5.23. The van der Waals surface area contributed by atoms with E-state index in [-0.39, 0.29) is 24.8 Å². The van der Waals surface area contributed by atoms with Crippen molar-refractivity contribution in [3.8, 4) is 5.75 Å². The predicted molar refractivity (Wildman–Crippen MR) is 88.1 cm³/mol. The van der Waals surface area contributed by atoms with Crippen LogP contribution < -0.4 is 15.6 Å². The topological polar surface area (TPSA) is 67.4 Å². The fraction of sp³-hybridized carbons (Fsp3) is 0.222. The average Bonchev–Trinajstić information content (AvgIpc) is 2.55. The number of carbonyl (C=O) groups excluding carboxylic acids is 2. The zero-order valence-electron chi connectivity index (χ0n) is 13.3. The van der Waals surface area contributed by atoms with Crippen LogP contribution in [-0.4, -0.2) is 18.4 Å². The highest BCUT2D eigenvalue weighted by Crippen LogP contribution is 2.16. The highest BCUT2D eigenvalue weighted by Gasteiger charge is 2.07. The zero-order valence-corrected chi connectivity index (χ0v) is 13.3. The van der Waals surface area contributed by atoms with E-state index in [1.54, 1.807) is 12.1 Å². The third-order valence-electron chi connectivity index (χ3n) is 3.31. The van der Waals surface area contributed by atoms with Gasteiger partial charge < -0.3 is 4.74 Å². The molecule has 0 radical (unpaired) electrons. The van der Waals surface area contributed by atoms with Crippen LogP contribution in [0, 0.1) is 13.8 Å². The lowest BCUT2D eigenvalue weighted by Crippen LogP contribution is -2.42. The molecule has 2 N–H and O–H groups in total. The van der Waals surface area contributed by atoms with Crippen molar-refractivity contribution in [2.24, 2.45) is 0 Å². The van der Waals surface area contributed by atoms with Crippen LogP contribution in [0.2, 0.25) is 0 Å². The molecule has 2 amide bonds. The summed E-state index contributed by atoms with van der Waals surface area (Å²) in [6.07, 6.45) is 0.155. The monoisotopic (exact) mass is 312 g/mol. The summed E-state index contributed by atoms with van der Waals surface area (Å²) in [5.74, 6) is 0.0983. The van der Waals surface area contributed by atoms with Gasteiger partial charge in [0, 0.05) is 5.56 Å². The summed E-state index contributed by atoms with van der Waals surface area (Å²) in [5.41, 5.74) is 7.34. The molecule has 0 heterocycles. The maximum atomic E-state index is 11.8. The number of rotatable bonds is 5. The molecule has 2 aromatic carbocycles. The minimum Gasteiger partial charge on any atom is -0.493 e. The molecular formula is C18H20N2O3. The second kappa shape index (κ2) is 7.98. The third kappa shape index (κ3) is 5.14. The lowest BCUT2D eigenvalue weighted by Gasteiger charge is -2.10.